The second kappa shape index (κ2) is 28.4. The van der Waals surface area contributed by atoms with Crippen LogP contribution in [-0.2, 0) is 12.4 Å². The lowest BCUT2D eigenvalue weighted by Crippen LogP contribution is -2.14. The Bertz CT molecular complexity index is 7390. The third-order valence-electron chi connectivity index (χ3n) is 24.1. The Hall–Kier alpha value is -14.2. The fraction of sp³-hybridized carbons (Fsp3) is 0.154. The van der Waals surface area contributed by atoms with Crippen molar-refractivity contribution in [2.75, 3.05) is 0 Å². The van der Waals surface area contributed by atoms with Gasteiger partial charge in [0, 0.05) is 65.5 Å². The van der Waals surface area contributed by atoms with Crippen LogP contribution >= 0.6 is 0 Å². The van der Waals surface area contributed by atoms with E-state index in [-0.39, 0.29) is 33.4 Å². The van der Waals surface area contributed by atoms with E-state index in [2.05, 4.69) is 229 Å². The average Bonchev–Trinajstić information content (AvgIpc) is 1.52. The lowest BCUT2D eigenvalue weighted by atomic mass is 9.84. The number of aryl methyl sites for hydroxylation is 8. The van der Waals surface area contributed by atoms with E-state index >= 15 is 26.3 Å². The average molecular weight is 1550 g/mol. The van der Waals surface area contributed by atoms with Gasteiger partial charge in [0.25, 0.3) is 0 Å². The van der Waals surface area contributed by atoms with E-state index in [4.69, 9.17) is 13.1 Å². The molecular weight excluding hydrogens is 1480 g/mol. The zero-order valence-electron chi connectivity index (χ0n) is 67.6. The fourth-order valence-corrected chi connectivity index (χ4v) is 18.3. The van der Waals surface area contributed by atoms with Crippen LogP contribution in [0.5, 0.6) is 0 Å². The van der Waals surface area contributed by atoms with Gasteiger partial charge in [0.15, 0.2) is 11.4 Å². The molecule has 0 atom stereocenters. The predicted octanol–water partition coefficient (Wildman–Crippen LogP) is 29.6. The molecule has 4 heterocycles. The third kappa shape index (κ3) is 12.3. The first-order valence-electron chi connectivity index (χ1n) is 39.0. The molecule has 0 amide bonds. The first-order valence-corrected chi connectivity index (χ1v) is 39.0. The first kappa shape index (κ1) is 76.5. The summed E-state index contributed by atoms with van der Waals surface area (Å²) in [5, 5.41) is 28.5. The number of rotatable bonds is 8. The molecule has 0 aliphatic rings. The summed E-state index contributed by atoms with van der Waals surface area (Å²) in [7, 11) is 0. The van der Waals surface area contributed by atoms with Gasteiger partial charge in [0.2, 0.25) is 0 Å². The van der Waals surface area contributed by atoms with Crippen molar-refractivity contribution in [3.63, 3.8) is 0 Å². The number of alkyl halides is 6. The Kier molecular flexibility index (Phi) is 18.4. The summed E-state index contributed by atoms with van der Waals surface area (Å²) in [6.45, 7) is 42.3. The maximum absolute atomic E-state index is 15.3. The van der Waals surface area contributed by atoms with Crippen LogP contribution in [0.2, 0.25) is 0 Å². The van der Waals surface area contributed by atoms with Crippen molar-refractivity contribution in [3.8, 4) is 79.4 Å². The molecule has 0 bridgehead atoms. The van der Waals surface area contributed by atoms with Crippen LogP contribution in [0.15, 0.2) is 218 Å². The number of halogens is 6. The minimum absolute atomic E-state index is 0.0374. The molecule has 18 rings (SSSR count). The normalized spacial score (nSPS) is 11.9. The lowest BCUT2D eigenvalue weighted by Gasteiger charge is -2.24. The van der Waals surface area contributed by atoms with Crippen LogP contribution in [-0.4, -0.2) is 18.3 Å². The SMILES string of the molecule is [C-]#[N+]c1ccc(-c2cc(-c3c(C)c(C)c(C#N)c(C)c3C(F)(F)F)ccc2-n2c3cc(C)ccc3c3ccc(C)cc32)c(-n2c3cc(C)ccc3c3ccc(C)cc32)c1.[C-]#[N+]c1ccc(-n2c3cc(C)ccc3c3ccc(C)cc32)c(-c2cc(-c3c(C)c(C)c(C#N)c(C)c3C(F)(F)F)ccc2-n2c3cc(C)ccc3c3ccc(C)cc32)c1. The summed E-state index contributed by atoms with van der Waals surface area (Å²) in [5.41, 5.74) is 24.0. The van der Waals surface area contributed by atoms with Crippen molar-refractivity contribution in [1.82, 2.24) is 18.3 Å². The molecule has 0 spiro atoms. The molecule has 118 heavy (non-hydrogen) atoms. The fourth-order valence-electron chi connectivity index (χ4n) is 18.3. The van der Waals surface area contributed by atoms with Crippen LogP contribution in [0, 0.1) is 133 Å². The maximum atomic E-state index is 15.3. The van der Waals surface area contributed by atoms with Crippen molar-refractivity contribution >= 4 is 98.6 Å². The Labute approximate surface area is 679 Å². The smallest absolute Gasteiger partial charge is 0.310 e. The molecule has 14 aromatic carbocycles. The topological polar surface area (TPSA) is 76.0 Å². The predicted molar refractivity (Wildman–Crippen MR) is 470 cm³/mol. The molecule has 8 nitrogen and oxygen atoms in total. The number of nitriles is 2. The van der Waals surface area contributed by atoms with Crippen molar-refractivity contribution in [3.05, 3.63) is 341 Å². The van der Waals surface area contributed by atoms with Gasteiger partial charge in [0.05, 0.1) is 109 Å². The monoisotopic (exact) mass is 1550 g/mol. The number of nitrogens with zero attached hydrogens (tertiary/aromatic N) is 8. The summed E-state index contributed by atoms with van der Waals surface area (Å²) in [4.78, 5) is 7.76. The Balaban J connectivity index is 0.000000169. The third-order valence-corrected chi connectivity index (χ3v) is 24.1. The van der Waals surface area contributed by atoms with Crippen molar-refractivity contribution in [2.45, 2.75) is 109 Å². The van der Waals surface area contributed by atoms with Gasteiger partial charge < -0.3 is 18.3 Å². The summed E-state index contributed by atoms with van der Waals surface area (Å²) in [6, 6.07) is 77.5. The van der Waals surface area contributed by atoms with Crippen molar-refractivity contribution in [1.29, 1.82) is 10.5 Å². The van der Waals surface area contributed by atoms with Gasteiger partial charge in [-0.3, -0.25) is 0 Å². The minimum Gasteiger partial charge on any atom is -0.310 e. The van der Waals surface area contributed by atoms with Gasteiger partial charge in [-0.05, 0) is 294 Å². The number of hydrogen-bond donors (Lipinski definition) is 0. The molecule has 14 heteroatoms. The highest BCUT2D eigenvalue weighted by molar-refractivity contribution is 6.15. The van der Waals surface area contributed by atoms with E-state index in [1.165, 1.54) is 13.8 Å². The van der Waals surface area contributed by atoms with Crippen LogP contribution < -0.4 is 0 Å². The van der Waals surface area contributed by atoms with Gasteiger partial charge in [0.1, 0.15) is 0 Å². The quantitative estimate of drug-likeness (QED) is 0.112. The zero-order chi connectivity index (χ0) is 83.3. The Morgan fingerprint density at radius 3 is 0.780 bits per heavy atom. The zero-order valence-corrected chi connectivity index (χ0v) is 67.6. The summed E-state index contributed by atoms with van der Waals surface area (Å²) >= 11 is 0. The highest BCUT2D eigenvalue weighted by Gasteiger charge is 2.41. The molecule has 0 aliphatic carbocycles. The van der Waals surface area contributed by atoms with Crippen molar-refractivity contribution < 1.29 is 26.3 Å². The molecule has 0 saturated heterocycles. The number of benzene rings is 14. The van der Waals surface area contributed by atoms with E-state index in [0.29, 0.717) is 61.4 Å². The molecule has 4 aromatic heterocycles. The summed E-state index contributed by atoms with van der Waals surface area (Å²) in [6.07, 6.45) is -9.47. The van der Waals surface area contributed by atoms with Crippen LogP contribution in [0.25, 0.3) is 164 Å². The molecular formula is C104H78F6N8. The van der Waals surface area contributed by atoms with E-state index in [9.17, 15) is 10.5 Å². The molecule has 0 fully saturated rings. The molecule has 0 saturated carbocycles. The number of hydrogen-bond acceptors (Lipinski definition) is 2. The number of aromatic nitrogens is 4. The van der Waals surface area contributed by atoms with Gasteiger partial charge in [-0.15, -0.1) is 0 Å². The van der Waals surface area contributed by atoms with Gasteiger partial charge >= 0.3 is 12.4 Å². The van der Waals surface area contributed by atoms with Gasteiger partial charge in [-0.2, -0.15) is 36.9 Å². The van der Waals surface area contributed by atoms with E-state index in [1.54, 1.807) is 45.9 Å². The lowest BCUT2D eigenvalue weighted by molar-refractivity contribution is -0.138. The van der Waals surface area contributed by atoms with Gasteiger partial charge in [-0.1, -0.05) is 127 Å². The minimum atomic E-state index is -4.74. The van der Waals surface area contributed by atoms with Crippen LogP contribution in [0.1, 0.15) is 100 Å². The Morgan fingerprint density at radius 2 is 0.508 bits per heavy atom. The standard InChI is InChI=1S/2C52H39F3N4/c1-28-9-15-37-38-16-10-29(2)22-46(38)58(45(37)21-28)44-20-13-35(50-33(6)32(5)43(27-56)34(7)51(50)52(53,54)55)25-42(44)41-19-14-36(57-8)26-49(41)59-47-23-30(3)11-17-39(47)40-18-12-31(4)24-48(40)59;1-28-9-15-37-38-16-10-29(2)22-47(38)58(46(37)21-28)44-19-13-35(50-33(6)32(5)43(27-56)34(7)51(50)52(53,54)55)25-41(44)42-26-36(57-8)14-20-45(42)59-48-23-30(3)11-17-39(48)40-18-12-31(4)24-49(40)59/h2*9-26H,1-7H3. The van der Waals surface area contributed by atoms with Gasteiger partial charge in [-0.25, -0.2) is 9.69 Å². The highest BCUT2D eigenvalue weighted by atomic mass is 19.4. The second-order valence-electron chi connectivity index (χ2n) is 31.8. The largest absolute Gasteiger partial charge is 0.417 e. The number of fused-ring (bicyclic) bond motifs is 12. The summed E-state index contributed by atoms with van der Waals surface area (Å²) in [5.74, 6) is 0. The summed E-state index contributed by atoms with van der Waals surface area (Å²) < 4.78 is 101. The van der Waals surface area contributed by atoms with Crippen LogP contribution in [0.3, 0.4) is 0 Å². The Morgan fingerprint density at radius 1 is 0.263 bits per heavy atom. The second-order valence-corrected chi connectivity index (χ2v) is 31.8. The molecule has 0 N–H and O–H groups in total. The molecule has 0 radical (unpaired) electrons. The molecule has 0 unspecified atom stereocenters. The first-order chi connectivity index (χ1) is 56.4. The molecule has 576 valence electrons. The maximum Gasteiger partial charge on any atom is 0.417 e. The molecule has 0 aliphatic heterocycles. The van der Waals surface area contributed by atoms with E-state index < -0.39 is 23.5 Å². The van der Waals surface area contributed by atoms with E-state index in [0.717, 1.165) is 160 Å². The van der Waals surface area contributed by atoms with E-state index in [1.807, 2.05) is 66.7 Å². The van der Waals surface area contributed by atoms with Crippen LogP contribution in [0.4, 0.5) is 37.7 Å². The van der Waals surface area contributed by atoms with Crippen molar-refractivity contribution in [2.24, 2.45) is 0 Å². The highest BCUT2D eigenvalue weighted by Crippen LogP contribution is 2.52. The molecule has 18 aromatic rings.